The number of aryl methyl sites for hydroxylation is 1. The first-order valence-corrected chi connectivity index (χ1v) is 5.36. The van der Waals surface area contributed by atoms with Crippen LogP contribution >= 0.6 is 0 Å². The molecule has 13 heavy (non-hydrogen) atoms. The van der Waals surface area contributed by atoms with Crippen LogP contribution in [0, 0.1) is 6.92 Å². The predicted octanol–water partition coefficient (Wildman–Crippen LogP) is 2.50. The molecule has 0 fully saturated rings. The molecule has 0 bridgehead atoms. The van der Waals surface area contributed by atoms with E-state index in [0.29, 0.717) is 0 Å². The van der Waals surface area contributed by atoms with Crippen molar-refractivity contribution in [2.75, 3.05) is 0 Å². The van der Waals surface area contributed by atoms with Crippen molar-refractivity contribution in [2.24, 2.45) is 4.40 Å². The van der Waals surface area contributed by atoms with E-state index in [4.69, 9.17) is 0 Å². The number of hydrogen-bond acceptors (Lipinski definition) is 1. The molecule has 0 N–H and O–H groups in total. The van der Waals surface area contributed by atoms with Crippen molar-refractivity contribution in [2.45, 2.75) is 25.2 Å². The molecule has 0 aliphatic rings. The van der Waals surface area contributed by atoms with E-state index < -0.39 is 11.0 Å². The van der Waals surface area contributed by atoms with Gasteiger partial charge in [-0.15, -0.1) is 0 Å². The van der Waals surface area contributed by atoms with Crippen LogP contribution in [0.1, 0.15) is 18.9 Å². The van der Waals surface area contributed by atoms with Gasteiger partial charge in [-0.05, 0) is 25.5 Å². The van der Waals surface area contributed by atoms with Gasteiger partial charge in [0.15, 0.2) is 11.0 Å². The largest absolute Gasteiger partial charge is 0.230 e. The molecule has 2 nitrogen and oxygen atoms in total. The summed E-state index contributed by atoms with van der Waals surface area (Å²) in [7, 11) is -1.22. The highest BCUT2D eigenvalue weighted by Crippen LogP contribution is 2.08. The second-order valence-electron chi connectivity index (χ2n) is 2.76. The Bertz CT molecular complexity index is 316. The summed E-state index contributed by atoms with van der Waals surface area (Å²) in [6.07, 6.45) is 2.49. The molecule has 1 unspecified atom stereocenters. The third-order valence-corrected chi connectivity index (χ3v) is 2.59. The molecule has 70 valence electrons. The Morgan fingerprint density at radius 1 is 1.38 bits per heavy atom. The molecule has 0 aliphatic heterocycles. The first-order chi connectivity index (χ1) is 6.24. The Kier molecular flexibility index (Phi) is 3.83. The lowest BCUT2D eigenvalue weighted by molar-refractivity contribution is 0.684. The predicted molar refractivity (Wildman–Crippen MR) is 56.4 cm³/mol. The summed E-state index contributed by atoms with van der Waals surface area (Å²) < 4.78 is 15.3. The zero-order valence-electron chi connectivity index (χ0n) is 7.86. The van der Waals surface area contributed by atoms with Crippen LogP contribution in [0.25, 0.3) is 0 Å². The molecule has 1 atom stereocenters. The number of benzene rings is 1. The molecule has 0 heterocycles. The topological polar surface area (TPSA) is 29.4 Å². The highest BCUT2D eigenvalue weighted by molar-refractivity contribution is 7.83. The summed E-state index contributed by atoms with van der Waals surface area (Å²) >= 11 is 0. The van der Waals surface area contributed by atoms with E-state index in [1.165, 1.54) is 5.56 Å². The summed E-state index contributed by atoms with van der Waals surface area (Å²) in [5.41, 5.74) is 1.17. The summed E-state index contributed by atoms with van der Waals surface area (Å²) in [5.74, 6) is 0. The first kappa shape index (κ1) is 10.1. The molecule has 3 heteroatoms. The molecular weight excluding hydrogens is 182 g/mol. The Balaban J connectivity index is 2.78. The smallest absolute Gasteiger partial charge is 0.172 e. The van der Waals surface area contributed by atoms with E-state index in [-0.39, 0.29) is 0 Å². The van der Waals surface area contributed by atoms with Crippen LogP contribution in [0.2, 0.25) is 0 Å². The molecule has 0 aliphatic carbocycles. The van der Waals surface area contributed by atoms with Gasteiger partial charge in [0.1, 0.15) is 0 Å². The van der Waals surface area contributed by atoms with Gasteiger partial charge < -0.3 is 0 Å². The average Bonchev–Trinajstić information content (AvgIpc) is 2.15. The maximum Gasteiger partial charge on any atom is 0.172 e. The maximum atomic E-state index is 11.4. The standard InChI is InChI=1S/C10H13NOS/c1-3-8-11-13(12)10-6-4-9(2)5-7-10/h4-8H,3H2,1-2H3/b11-8+. The molecule has 0 saturated heterocycles. The van der Waals surface area contributed by atoms with Gasteiger partial charge in [0.05, 0.1) is 4.90 Å². The summed E-state index contributed by atoms with van der Waals surface area (Å²) in [6, 6.07) is 7.57. The van der Waals surface area contributed by atoms with E-state index >= 15 is 0 Å². The van der Waals surface area contributed by atoms with Crippen molar-refractivity contribution in [3.8, 4) is 0 Å². The van der Waals surface area contributed by atoms with Crippen molar-refractivity contribution in [3.63, 3.8) is 0 Å². The minimum atomic E-state index is -1.22. The third kappa shape index (κ3) is 3.11. The van der Waals surface area contributed by atoms with Crippen LogP contribution < -0.4 is 0 Å². The Hall–Kier alpha value is -0.960. The Morgan fingerprint density at radius 2 is 2.00 bits per heavy atom. The lowest BCUT2D eigenvalue weighted by Gasteiger charge is -1.95. The SMILES string of the molecule is CC/C=N/S(=O)c1ccc(C)cc1. The molecule has 1 rings (SSSR count). The lowest BCUT2D eigenvalue weighted by atomic mass is 10.2. The van der Waals surface area contributed by atoms with Crippen LogP contribution in [-0.4, -0.2) is 10.4 Å². The van der Waals surface area contributed by atoms with E-state index in [0.717, 1.165) is 11.3 Å². The van der Waals surface area contributed by atoms with Gasteiger partial charge in [-0.1, -0.05) is 24.6 Å². The van der Waals surface area contributed by atoms with Gasteiger partial charge in [-0.25, -0.2) is 4.21 Å². The molecule has 0 radical (unpaired) electrons. The number of nitrogens with zero attached hydrogens (tertiary/aromatic N) is 1. The van der Waals surface area contributed by atoms with Crippen LogP contribution in [0.3, 0.4) is 0 Å². The quantitative estimate of drug-likeness (QED) is 0.681. The van der Waals surface area contributed by atoms with Crippen LogP contribution in [0.4, 0.5) is 0 Å². The lowest BCUT2D eigenvalue weighted by Crippen LogP contribution is -1.87. The third-order valence-electron chi connectivity index (χ3n) is 1.58. The molecule has 0 saturated carbocycles. The van der Waals surface area contributed by atoms with E-state index in [1.807, 2.05) is 38.1 Å². The molecule has 1 aromatic rings. The van der Waals surface area contributed by atoms with Gasteiger partial charge in [-0.2, -0.15) is 4.40 Å². The van der Waals surface area contributed by atoms with Gasteiger partial charge in [0.2, 0.25) is 0 Å². The van der Waals surface area contributed by atoms with Gasteiger partial charge in [0.25, 0.3) is 0 Å². The van der Waals surface area contributed by atoms with Crippen molar-refractivity contribution in [3.05, 3.63) is 29.8 Å². The summed E-state index contributed by atoms with van der Waals surface area (Å²) in [6.45, 7) is 3.97. The van der Waals surface area contributed by atoms with E-state index in [1.54, 1.807) is 6.21 Å². The Labute approximate surface area is 81.3 Å². The molecular formula is C10H13NOS. The monoisotopic (exact) mass is 195 g/mol. The normalized spacial score (nSPS) is 13.4. The number of hydrogen-bond donors (Lipinski definition) is 0. The average molecular weight is 195 g/mol. The minimum Gasteiger partial charge on any atom is -0.230 e. The molecule has 0 spiro atoms. The molecule has 1 aromatic carbocycles. The maximum absolute atomic E-state index is 11.4. The Morgan fingerprint density at radius 3 is 2.54 bits per heavy atom. The fourth-order valence-electron chi connectivity index (χ4n) is 0.858. The van der Waals surface area contributed by atoms with Gasteiger partial charge in [-0.3, -0.25) is 0 Å². The van der Waals surface area contributed by atoms with Crippen LogP contribution in [0.5, 0.6) is 0 Å². The first-order valence-electron chi connectivity index (χ1n) is 4.25. The van der Waals surface area contributed by atoms with Crippen LogP contribution in [0.15, 0.2) is 33.6 Å². The minimum absolute atomic E-state index is 0.760. The molecule has 0 amide bonds. The van der Waals surface area contributed by atoms with Crippen LogP contribution in [-0.2, 0) is 11.0 Å². The van der Waals surface area contributed by atoms with Crippen molar-refractivity contribution in [1.29, 1.82) is 0 Å². The van der Waals surface area contributed by atoms with Crippen molar-refractivity contribution >= 4 is 17.2 Å². The van der Waals surface area contributed by atoms with E-state index in [2.05, 4.69) is 4.40 Å². The van der Waals surface area contributed by atoms with Gasteiger partial charge >= 0.3 is 0 Å². The highest BCUT2D eigenvalue weighted by Gasteiger charge is 1.98. The van der Waals surface area contributed by atoms with Gasteiger partial charge in [0, 0.05) is 6.21 Å². The number of rotatable bonds is 3. The zero-order valence-corrected chi connectivity index (χ0v) is 8.67. The van der Waals surface area contributed by atoms with Crippen molar-refractivity contribution in [1.82, 2.24) is 0 Å². The van der Waals surface area contributed by atoms with Crippen molar-refractivity contribution < 1.29 is 4.21 Å². The molecule has 0 aromatic heterocycles. The fraction of sp³-hybridized carbons (Fsp3) is 0.300. The fourth-order valence-corrected chi connectivity index (χ4v) is 1.63. The summed E-state index contributed by atoms with van der Waals surface area (Å²) in [5, 5.41) is 0. The second-order valence-corrected chi connectivity index (χ2v) is 3.94. The highest BCUT2D eigenvalue weighted by atomic mass is 32.2. The zero-order chi connectivity index (χ0) is 9.68. The second kappa shape index (κ2) is 4.92. The summed E-state index contributed by atoms with van der Waals surface area (Å²) in [4.78, 5) is 0.760. The van der Waals surface area contributed by atoms with E-state index in [9.17, 15) is 4.21 Å².